The number of ether oxygens (including phenoxy) is 2. The molecular formula is C16H23FN2O3. The molecule has 2 amide bonds. The molecule has 22 heavy (non-hydrogen) atoms. The van der Waals surface area contributed by atoms with E-state index in [1.165, 1.54) is 13.2 Å². The van der Waals surface area contributed by atoms with E-state index in [1.54, 1.807) is 19.2 Å². The lowest BCUT2D eigenvalue weighted by molar-refractivity contribution is 0.107. The second kappa shape index (κ2) is 7.45. The van der Waals surface area contributed by atoms with Crippen molar-refractivity contribution in [2.75, 3.05) is 14.2 Å². The predicted octanol–water partition coefficient (Wildman–Crippen LogP) is 2.76. The maximum atomic E-state index is 13.7. The number of carbonyl (C=O) groups excluding carboxylic acids is 1. The number of hydrogen-bond donors (Lipinski definition) is 2. The van der Waals surface area contributed by atoms with Crippen molar-refractivity contribution in [1.29, 1.82) is 0 Å². The third-order valence-electron chi connectivity index (χ3n) is 4.08. The van der Waals surface area contributed by atoms with Gasteiger partial charge >= 0.3 is 6.03 Å². The van der Waals surface area contributed by atoms with Crippen molar-refractivity contribution >= 4 is 6.03 Å². The maximum absolute atomic E-state index is 13.7. The van der Waals surface area contributed by atoms with Gasteiger partial charge in [-0.05, 0) is 43.9 Å². The summed E-state index contributed by atoms with van der Waals surface area (Å²) >= 11 is 0. The second-order valence-electron chi connectivity index (χ2n) is 5.60. The van der Waals surface area contributed by atoms with E-state index in [1.807, 2.05) is 6.92 Å². The summed E-state index contributed by atoms with van der Waals surface area (Å²) in [6, 6.07) is 4.26. The van der Waals surface area contributed by atoms with Crippen molar-refractivity contribution in [2.45, 2.75) is 44.4 Å². The van der Waals surface area contributed by atoms with Gasteiger partial charge in [-0.1, -0.05) is 6.07 Å². The molecule has 2 rings (SSSR count). The Balaban J connectivity index is 1.87. The molecule has 1 fully saturated rings. The van der Waals surface area contributed by atoms with Crippen LogP contribution in [0.4, 0.5) is 9.18 Å². The van der Waals surface area contributed by atoms with Crippen LogP contribution >= 0.6 is 0 Å². The van der Waals surface area contributed by atoms with E-state index in [9.17, 15) is 9.18 Å². The normalized spacial score (nSPS) is 22.2. The van der Waals surface area contributed by atoms with Gasteiger partial charge in [0, 0.05) is 13.2 Å². The first kappa shape index (κ1) is 16.5. The monoisotopic (exact) mass is 310 g/mol. The number of amides is 2. The first-order chi connectivity index (χ1) is 10.5. The van der Waals surface area contributed by atoms with Crippen LogP contribution in [-0.2, 0) is 4.74 Å². The number of urea groups is 1. The fourth-order valence-corrected chi connectivity index (χ4v) is 2.74. The molecule has 0 saturated heterocycles. The van der Waals surface area contributed by atoms with Crippen LogP contribution in [0.1, 0.15) is 37.8 Å². The zero-order valence-corrected chi connectivity index (χ0v) is 13.2. The molecule has 0 aromatic heterocycles. The number of rotatable bonds is 5. The Labute approximate surface area is 130 Å². The molecule has 0 spiro atoms. The third kappa shape index (κ3) is 4.10. The van der Waals surface area contributed by atoms with Crippen LogP contribution < -0.4 is 15.4 Å². The van der Waals surface area contributed by atoms with Crippen molar-refractivity contribution in [3.05, 3.63) is 29.6 Å². The molecule has 5 nitrogen and oxygen atoms in total. The van der Waals surface area contributed by atoms with Gasteiger partial charge in [0.15, 0.2) is 11.6 Å². The first-order valence-corrected chi connectivity index (χ1v) is 7.46. The highest BCUT2D eigenvalue weighted by atomic mass is 19.1. The molecule has 1 aliphatic rings. The predicted molar refractivity (Wildman–Crippen MR) is 81.5 cm³/mol. The molecule has 0 bridgehead atoms. The van der Waals surface area contributed by atoms with Gasteiger partial charge in [0.05, 0.1) is 19.3 Å². The summed E-state index contributed by atoms with van der Waals surface area (Å²) in [7, 11) is 3.11. The summed E-state index contributed by atoms with van der Waals surface area (Å²) < 4.78 is 23.9. The van der Waals surface area contributed by atoms with E-state index in [4.69, 9.17) is 9.47 Å². The Morgan fingerprint density at radius 2 is 2.14 bits per heavy atom. The molecule has 3 atom stereocenters. The van der Waals surface area contributed by atoms with Crippen LogP contribution in [0.15, 0.2) is 18.2 Å². The Bertz CT molecular complexity index is 524. The van der Waals surface area contributed by atoms with Crippen LogP contribution in [-0.4, -0.2) is 32.4 Å². The van der Waals surface area contributed by atoms with Gasteiger partial charge in [-0.25, -0.2) is 9.18 Å². The lowest BCUT2D eigenvalue weighted by Crippen LogP contribution is -2.42. The Morgan fingerprint density at radius 1 is 1.36 bits per heavy atom. The largest absolute Gasteiger partial charge is 0.494 e. The van der Waals surface area contributed by atoms with Gasteiger partial charge in [-0.3, -0.25) is 0 Å². The highest BCUT2D eigenvalue weighted by Crippen LogP contribution is 2.23. The van der Waals surface area contributed by atoms with E-state index in [0.717, 1.165) is 19.3 Å². The smallest absolute Gasteiger partial charge is 0.315 e. The van der Waals surface area contributed by atoms with E-state index >= 15 is 0 Å². The van der Waals surface area contributed by atoms with Crippen LogP contribution in [0.3, 0.4) is 0 Å². The summed E-state index contributed by atoms with van der Waals surface area (Å²) in [6.07, 6.45) is 2.92. The van der Waals surface area contributed by atoms with E-state index in [0.29, 0.717) is 5.56 Å². The van der Waals surface area contributed by atoms with Crippen molar-refractivity contribution < 1.29 is 18.7 Å². The van der Waals surface area contributed by atoms with Gasteiger partial charge in [0.25, 0.3) is 0 Å². The van der Waals surface area contributed by atoms with Crippen LogP contribution in [0, 0.1) is 5.82 Å². The first-order valence-electron chi connectivity index (χ1n) is 7.46. The number of methoxy groups -OCH3 is 2. The lowest BCUT2D eigenvalue weighted by atomic mass is 10.1. The molecule has 0 radical (unpaired) electrons. The van der Waals surface area contributed by atoms with Crippen LogP contribution in [0.25, 0.3) is 0 Å². The molecule has 122 valence electrons. The Hall–Kier alpha value is -1.82. The summed E-state index contributed by atoms with van der Waals surface area (Å²) in [5.74, 6) is -0.246. The quantitative estimate of drug-likeness (QED) is 0.879. The molecule has 0 heterocycles. The molecule has 2 N–H and O–H groups in total. The maximum Gasteiger partial charge on any atom is 0.315 e. The standard InChI is InChI=1S/C16H23FN2O3/c1-10(11-4-7-15(22-3)14(17)8-11)18-16(20)19-12-5-6-13(9-12)21-2/h4,7-8,10,12-13H,5-6,9H2,1-3H3,(H2,18,19,20). The van der Waals surface area contributed by atoms with Crippen LogP contribution in [0.2, 0.25) is 0 Å². The zero-order chi connectivity index (χ0) is 16.1. The highest BCUT2D eigenvalue weighted by molar-refractivity contribution is 5.74. The summed E-state index contributed by atoms with van der Waals surface area (Å²) in [5, 5.41) is 5.75. The van der Waals surface area contributed by atoms with E-state index in [-0.39, 0.29) is 30.0 Å². The molecule has 1 aromatic carbocycles. The lowest BCUT2D eigenvalue weighted by Gasteiger charge is -2.18. The van der Waals surface area contributed by atoms with E-state index < -0.39 is 5.82 Å². The number of nitrogens with one attached hydrogen (secondary N) is 2. The summed E-state index contributed by atoms with van der Waals surface area (Å²) in [4.78, 5) is 12.0. The second-order valence-corrected chi connectivity index (χ2v) is 5.60. The minimum Gasteiger partial charge on any atom is -0.494 e. The molecule has 6 heteroatoms. The summed E-state index contributed by atoms with van der Waals surface area (Å²) in [6.45, 7) is 1.81. The van der Waals surface area contributed by atoms with Gasteiger partial charge in [0.2, 0.25) is 0 Å². The molecule has 3 unspecified atom stereocenters. The van der Waals surface area contributed by atoms with Crippen molar-refractivity contribution in [1.82, 2.24) is 10.6 Å². The number of carbonyl (C=O) groups is 1. The summed E-state index contributed by atoms with van der Waals surface area (Å²) in [5.41, 5.74) is 0.689. The fraction of sp³-hybridized carbons (Fsp3) is 0.562. The Morgan fingerprint density at radius 3 is 2.73 bits per heavy atom. The van der Waals surface area contributed by atoms with Gasteiger partial charge in [0.1, 0.15) is 0 Å². The number of halogens is 1. The van der Waals surface area contributed by atoms with Crippen LogP contribution in [0.5, 0.6) is 5.75 Å². The Kier molecular flexibility index (Phi) is 5.60. The minimum atomic E-state index is -0.437. The van der Waals surface area contributed by atoms with E-state index in [2.05, 4.69) is 10.6 Å². The number of hydrogen-bond acceptors (Lipinski definition) is 3. The third-order valence-corrected chi connectivity index (χ3v) is 4.08. The van der Waals surface area contributed by atoms with Gasteiger partial charge in [-0.2, -0.15) is 0 Å². The highest BCUT2D eigenvalue weighted by Gasteiger charge is 2.26. The van der Waals surface area contributed by atoms with Gasteiger partial charge < -0.3 is 20.1 Å². The average Bonchev–Trinajstić information content (AvgIpc) is 2.94. The van der Waals surface area contributed by atoms with Crippen molar-refractivity contribution in [2.24, 2.45) is 0 Å². The molecule has 1 saturated carbocycles. The number of benzene rings is 1. The average molecular weight is 310 g/mol. The minimum absolute atomic E-state index is 0.129. The molecule has 1 aliphatic carbocycles. The molecular weight excluding hydrogens is 287 g/mol. The fourth-order valence-electron chi connectivity index (χ4n) is 2.74. The zero-order valence-electron chi connectivity index (χ0n) is 13.2. The molecule has 0 aliphatic heterocycles. The topological polar surface area (TPSA) is 59.6 Å². The SMILES string of the molecule is COc1ccc(C(C)NC(=O)NC2CCC(OC)C2)cc1F. The van der Waals surface area contributed by atoms with Gasteiger partial charge in [-0.15, -0.1) is 0 Å². The molecule has 1 aromatic rings. The van der Waals surface area contributed by atoms with Crippen molar-refractivity contribution in [3.8, 4) is 5.75 Å². The van der Waals surface area contributed by atoms with Crippen molar-refractivity contribution in [3.63, 3.8) is 0 Å².